The Balaban J connectivity index is 4.37. The Morgan fingerprint density at radius 3 is 2.12 bits per heavy atom. The summed E-state index contributed by atoms with van der Waals surface area (Å²) in [6, 6.07) is 0. The van der Waals surface area contributed by atoms with E-state index in [-0.39, 0.29) is 6.47 Å². The van der Waals surface area contributed by atoms with Crippen LogP contribution in [-0.2, 0) is 24.0 Å². The molecule has 0 saturated carbocycles. The first-order chi connectivity index (χ1) is 7.40. The van der Waals surface area contributed by atoms with Crippen molar-refractivity contribution in [2.75, 3.05) is 0 Å². The van der Waals surface area contributed by atoms with Gasteiger partial charge in [0.1, 0.15) is 0 Å². The largest absolute Gasteiger partial charge is 0.393 e. The number of guanidine groups is 1. The maximum absolute atomic E-state index is 10.9. The van der Waals surface area contributed by atoms with Crippen LogP contribution < -0.4 is 11.5 Å². The fourth-order valence-electron chi connectivity index (χ4n) is 0.527. The zero-order valence-corrected chi connectivity index (χ0v) is 7.77. The van der Waals surface area contributed by atoms with Crippen LogP contribution in [0.15, 0.2) is 5.16 Å². The molecule has 0 spiro atoms. The summed E-state index contributed by atoms with van der Waals surface area (Å²) in [5, 5.41) is 20.7. The Bertz CT molecular complexity index is 311. The predicted molar refractivity (Wildman–Crippen MR) is 46.1 cm³/mol. The van der Waals surface area contributed by atoms with E-state index in [1.54, 1.807) is 0 Å². The van der Waals surface area contributed by atoms with Crippen molar-refractivity contribution in [1.29, 1.82) is 0 Å². The van der Waals surface area contributed by atoms with Gasteiger partial charge in [-0.2, -0.15) is 0 Å². The first-order valence-electron chi connectivity index (χ1n) is 3.70. The van der Waals surface area contributed by atoms with Crippen molar-refractivity contribution in [3.63, 3.8) is 0 Å². The van der Waals surface area contributed by atoms with Crippen molar-refractivity contribution >= 4 is 24.4 Å². The molecule has 2 atom stereocenters. The van der Waals surface area contributed by atoms with Gasteiger partial charge in [0, 0.05) is 0 Å². The van der Waals surface area contributed by atoms with Gasteiger partial charge in [-0.3, -0.25) is 4.79 Å². The number of carbonyl (C=O) groups is 3. The van der Waals surface area contributed by atoms with Crippen molar-refractivity contribution in [3.8, 4) is 0 Å². The average molecular weight is 235 g/mol. The van der Waals surface area contributed by atoms with E-state index >= 15 is 0 Å². The number of aliphatic hydroxyl groups excluding tert-OH is 2. The van der Waals surface area contributed by atoms with E-state index in [4.69, 9.17) is 21.7 Å². The lowest BCUT2D eigenvalue weighted by Gasteiger charge is -2.11. The van der Waals surface area contributed by atoms with Crippen molar-refractivity contribution in [3.05, 3.63) is 0 Å². The van der Waals surface area contributed by atoms with Crippen LogP contribution in [0.2, 0.25) is 0 Å². The lowest BCUT2D eigenvalue weighted by Crippen LogP contribution is -2.41. The maximum Gasteiger partial charge on any atom is 0.366 e. The fourth-order valence-corrected chi connectivity index (χ4v) is 0.527. The minimum Gasteiger partial charge on any atom is -0.393 e. The third-order valence-electron chi connectivity index (χ3n) is 1.19. The molecule has 0 aliphatic heterocycles. The molecule has 0 aliphatic rings. The van der Waals surface area contributed by atoms with Crippen LogP contribution in [0.4, 0.5) is 0 Å². The molecule has 0 aromatic carbocycles. The van der Waals surface area contributed by atoms with E-state index in [0.717, 1.165) is 0 Å². The van der Waals surface area contributed by atoms with Gasteiger partial charge in [-0.15, -0.1) is 0 Å². The molecule has 0 fully saturated rings. The molecule has 0 radical (unpaired) electrons. The second-order valence-electron chi connectivity index (χ2n) is 2.35. The molecule has 6 N–H and O–H groups in total. The number of oxime groups is 1. The highest BCUT2D eigenvalue weighted by molar-refractivity contribution is 5.88. The normalized spacial score (nSPS) is 13.1. The number of esters is 1. The summed E-state index contributed by atoms with van der Waals surface area (Å²) < 4.78 is 3.68. The van der Waals surface area contributed by atoms with Crippen LogP contribution >= 0.6 is 0 Å². The van der Waals surface area contributed by atoms with Gasteiger partial charge < -0.3 is 31.3 Å². The Kier molecular flexibility index (Phi) is 5.45. The fraction of sp³-hybridized carbons (Fsp3) is 0.333. The molecular formula is C6H9N3O7. The number of hydrogen-bond acceptors (Lipinski definition) is 8. The molecule has 10 nitrogen and oxygen atoms in total. The van der Waals surface area contributed by atoms with E-state index in [1.165, 1.54) is 0 Å². The van der Waals surface area contributed by atoms with E-state index in [9.17, 15) is 14.4 Å². The monoisotopic (exact) mass is 235 g/mol. The molecule has 0 saturated heterocycles. The molecule has 90 valence electrons. The third-order valence-corrected chi connectivity index (χ3v) is 1.19. The third kappa shape index (κ3) is 4.34. The van der Waals surface area contributed by atoms with Crippen LogP contribution in [0.25, 0.3) is 0 Å². The summed E-state index contributed by atoms with van der Waals surface area (Å²) in [7, 11) is 0. The van der Waals surface area contributed by atoms with Gasteiger partial charge in [0.25, 0.3) is 0 Å². The Morgan fingerprint density at radius 1 is 1.19 bits per heavy atom. The molecule has 0 amide bonds. The number of hydrogen-bond donors (Lipinski definition) is 4. The summed E-state index contributed by atoms with van der Waals surface area (Å²) in [5.41, 5.74) is 9.59. The van der Waals surface area contributed by atoms with Gasteiger partial charge in [-0.25, -0.2) is 9.59 Å². The smallest absolute Gasteiger partial charge is 0.366 e. The average Bonchev–Trinajstić information content (AvgIpc) is 2.23. The molecular weight excluding hydrogens is 226 g/mol. The first kappa shape index (κ1) is 13.8. The lowest BCUT2D eigenvalue weighted by molar-refractivity contribution is -0.174. The number of nitrogens with zero attached hydrogens (tertiary/aromatic N) is 1. The zero-order chi connectivity index (χ0) is 12.7. The minimum absolute atomic E-state index is 0.278. The Labute approximate surface area is 88.4 Å². The number of ether oxygens (including phenoxy) is 1. The predicted octanol–water partition coefficient (Wildman–Crippen LogP) is -3.86. The van der Waals surface area contributed by atoms with Gasteiger partial charge in [-0.1, -0.05) is 0 Å². The zero-order valence-electron chi connectivity index (χ0n) is 7.77. The van der Waals surface area contributed by atoms with Crippen LogP contribution in [0.1, 0.15) is 0 Å². The lowest BCUT2D eigenvalue weighted by atomic mass is 10.2. The second-order valence-corrected chi connectivity index (χ2v) is 2.35. The summed E-state index contributed by atoms with van der Waals surface area (Å²) >= 11 is 0. The van der Waals surface area contributed by atoms with Crippen molar-refractivity contribution < 1.29 is 34.2 Å². The number of nitrogens with two attached hydrogens (primary N) is 2. The SMILES string of the molecule is NC(N)=NOC(=O)C(O)C(O)C(=O)OC=O. The second kappa shape index (κ2) is 6.31. The van der Waals surface area contributed by atoms with Gasteiger partial charge >= 0.3 is 18.4 Å². The molecule has 0 rings (SSSR count). The molecule has 0 aromatic rings. The number of rotatable bonds is 5. The highest BCUT2D eigenvalue weighted by Crippen LogP contribution is 1.99. The maximum atomic E-state index is 10.9. The topological polar surface area (TPSA) is 175 Å². The highest BCUT2D eigenvalue weighted by Gasteiger charge is 2.33. The molecule has 16 heavy (non-hydrogen) atoms. The van der Waals surface area contributed by atoms with Crippen molar-refractivity contribution in [2.45, 2.75) is 12.2 Å². The van der Waals surface area contributed by atoms with Gasteiger partial charge in [0.05, 0.1) is 0 Å². The van der Waals surface area contributed by atoms with E-state index in [1.807, 2.05) is 0 Å². The molecule has 0 bridgehead atoms. The summed E-state index contributed by atoms with van der Waals surface area (Å²) in [6.45, 7) is -0.278. The molecule has 0 aromatic heterocycles. The minimum atomic E-state index is -2.29. The summed E-state index contributed by atoms with van der Waals surface area (Å²) in [5.74, 6) is -3.63. The quantitative estimate of drug-likeness (QED) is 0.0706. The summed E-state index contributed by atoms with van der Waals surface area (Å²) in [4.78, 5) is 35.1. The van der Waals surface area contributed by atoms with E-state index < -0.39 is 30.1 Å². The highest BCUT2D eigenvalue weighted by atomic mass is 16.7. The Morgan fingerprint density at radius 2 is 1.69 bits per heavy atom. The van der Waals surface area contributed by atoms with Gasteiger partial charge in [-0.05, 0) is 5.16 Å². The first-order valence-corrected chi connectivity index (χ1v) is 3.70. The van der Waals surface area contributed by atoms with Crippen molar-refractivity contribution in [2.24, 2.45) is 16.6 Å². The van der Waals surface area contributed by atoms with Crippen LogP contribution in [-0.4, -0.2) is 46.8 Å². The molecule has 0 aliphatic carbocycles. The van der Waals surface area contributed by atoms with Gasteiger partial charge in [0.2, 0.25) is 5.96 Å². The van der Waals surface area contributed by atoms with Crippen LogP contribution in [0.3, 0.4) is 0 Å². The van der Waals surface area contributed by atoms with Crippen LogP contribution in [0.5, 0.6) is 0 Å². The molecule has 10 heteroatoms. The molecule has 2 unspecified atom stereocenters. The number of carbonyl (C=O) groups excluding carboxylic acids is 3. The number of aliphatic hydroxyl groups is 2. The molecule has 0 heterocycles. The Hall–Kier alpha value is -2.20. The standard InChI is InChI=1S/C6H9N3O7/c7-6(8)9-16-5(14)3(12)2(11)4(13)15-1-10/h1-3,11-12H,(H4,7,8,9). The van der Waals surface area contributed by atoms with Gasteiger partial charge in [0.15, 0.2) is 12.2 Å². The van der Waals surface area contributed by atoms with Crippen molar-refractivity contribution in [1.82, 2.24) is 0 Å². The summed E-state index contributed by atoms with van der Waals surface area (Å²) in [6.07, 6.45) is -4.57. The van der Waals surface area contributed by atoms with Crippen LogP contribution in [0, 0.1) is 0 Å². The van der Waals surface area contributed by atoms with E-state index in [2.05, 4.69) is 14.7 Å². The van der Waals surface area contributed by atoms with E-state index in [0.29, 0.717) is 0 Å².